The smallest absolute Gasteiger partial charge is 0.335 e. The lowest BCUT2D eigenvalue weighted by Crippen LogP contribution is -1.96. The van der Waals surface area contributed by atoms with E-state index in [1.807, 2.05) is 48.5 Å². The van der Waals surface area contributed by atoms with Crippen LogP contribution in [0.3, 0.4) is 0 Å². The predicted octanol–water partition coefficient (Wildman–Crippen LogP) is 4.15. The number of benzene rings is 2. The van der Waals surface area contributed by atoms with Crippen molar-refractivity contribution in [3.63, 3.8) is 0 Å². The van der Waals surface area contributed by atoms with E-state index in [1.165, 1.54) is 0 Å². The summed E-state index contributed by atoms with van der Waals surface area (Å²) in [7, 11) is 0. The fraction of sp³-hybridized carbons (Fsp3) is 0. The molecule has 0 saturated carbocycles. The lowest BCUT2D eigenvalue weighted by Gasteiger charge is -2.05. The van der Waals surface area contributed by atoms with E-state index in [1.54, 1.807) is 18.2 Å². The van der Waals surface area contributed by atoms with Gasteiger partial charge in [0.2, 0.25) is 0 Å². The van der Waals surface area contributed by atoms with Gasteiger partial charge in [-0.25, -0.2) is 14.8 Å². The molecular weight excluding hydrogens is 288 g/mol. The third-order valence-electron chi connectivity index (χ3n) is 3.80. The molecule has 2 aromatic carbocycles. The van der Waals surface area contributed by atoms with Gasteiger partial charge in [-0.15, -0.1) is 0 Å². The average molecular weight is 300 g/mol. The van der Waals surface area contributed by atoms with Gasteiger partial charge in [-0.2, -0.15) is 0 Å². The first-order chi connectivity index (χ1) is 11.2. The largest absolute Gasteiger partial charge is 0.478 e. The van der Waals surface area contributed by atoms with Gasteiger partial charge in [0.1, 0.15) is 0 Å². The Balaban J connectivity index is 1.84. The van der Waals surface area contributed by atoms with E-state index < -0.39 is 5.97 Å². The zero-order valence-corrected chi connectivity index (χ0v) is 12.1. The van der Waals surface area contributed by atoms with Gasteiger partial charge in [-0.05, 0) is 36.4 Å². The topological polar surface area (TPSA) is 63.1 Å². The molecule has 110 valence electrons. The quantitative estimate of drug-likeness (QED) is 0.604. The van der Waals surface area contributed by atoms with Crippen LogP contribution in [-0.4, -0.2) is 21.0 Å². The van der Waals surface area contributed by atoms with Crippen LogP contribution in [0.4, 0.5) is 0 Å². The minimum absolute atomic E-state index is 0.260. The minimum atomic E-state index is -0.938. The molecule has 23 heavy (non-hydrogen) atoms. The van der Waals surface area contributed by atoms with E-state index in [9.17, 15) is 4.79 Å². The Labute approximate surface area is 132 Å². The van der Waals surface area contributed by atoms with Crippen LogP contribution < -0.4 is 0 Å². The highest BCUT2D eigenvalue weighted by molar-refractivity contribution is 5.93. The van der Waals surface area contributed by atoms with Crippen LogP contribution in [0.2, 0.25) is 0 Å². The zero-order chi connectivity index (χ0) is 15.8. The van der Waals surface area contributed by atoms with Gasteiger partial charge in [0.25, 0.3) is 0 Å². The van der Waals surface area contributed by atoms with Gasteiger partial charge in [0.15, 0.2) is 0 Å². The molecule has 2 aromatic heterocycles. The molecule has 2 heterocycles. The molecule has 0 aliphatic rings. The maximum absolute atomic E-state index is 11.0. The second-order valence-corrected chi connectivity index (χ2v) is 5.30. The molecule has 0 radical (unpaired) electrons. The number of aromatic carboxylic acids is 1. The number of hydrogen-bond donors (Lipinski definition) is 1. The van der Waals surface area contributed by atoms with Crippen molar-refractivity contribution in [1.82, 2.24) is 9.97 Å². The van der Waals surface area contributed by atoms with E-state index in [0.29, 0.717) is 0 Å². The molecule has 0 unspecified atom stereocenters. The van der Waals surface area contributed by atoms with E-state index in [0.717, 1.165) is 33.2 Å². The third kappa shape index (κ3) is 2.40. The summed E-state index contributed by atoms with van der Waals surface area (Å²) in [5, 5.41) is 10.9. The zero-order valence-electron chi connectivity index (χ0n) is 12.1. The average Bonchev–Trinajstić information content (AvgIpc) is 2.60. The Morgan fingerprint density at radius 2 is 1.39 bits per heavy atom. The SMILES string of the molecule is O=C(O)c1ccc2nc(-c3ccc4ccccc4n3)ccc2c1. The van der Waals surface area contributed by atoms with E-state index in [-0.39, 0.29) is 5.56 Å². The third-order valence-corrected chi connectivity index (χ3v) is 3.80. The van der Waals surface area contributed by atoms with Gasteiger partial charge in [-0.3, -0.25) is 0 Å². The summed E-state index contributed by atoms with van der Waals surface area (Å²) in [6, 6.07) is 20.6. The lowest BCUT2D eigenvalue weighted by molar-refractivity contribution is 0.0697. The van der Waals surface area contributed by atoms with Gasteiger partial charge >= 0.3 is 5.97 Å². The van der Waals surface area contributed by atoms with Crippen LogP contribution in [0.5, 0.6) is 0 Å². The molecule has 0 bridgehead atoms. The monoisotopic (exact) mass is 300 g/mol. The van der Waals surface area contributed by atoms with Gasteiger partial charge < -0.3 is 5.11 Å². The summed E-state index contributed by atoms with van der Waals surface area (Å²) in [5.74, 6) is -0.938. The summed E-state index contributed by atoms with van der Waals surface area (Å²) < 4.78 is 0. The number of nitrogens with zero attached hydrogens (tertiary/aromatic N) is 2. The molecule has 0 saturated heterocycles. The Morgan fingerprint density at radius 3 is 2.13 bits per heavy atom. The Hall–Kier alpha value is -3.27. The normalized spacial score (nSPS) is 11.0. The molecule has 0 fully saturated rings. The van der Waals surface area contributed by atoms with Crippen molar-refractivity contribution in [3.8, 4) is 11.4 Å². The van der Waals surface area contributed by atoms with Crippen molar-refractivity contribution in [3.05, 3.63) is 72.3 Å². The molecule has 0 aliphatic carbocycles. The standard InChI is InChI=1S/C19H12N2O2/c22-19(23)14-7-8-16-13(11-14)6-10-18(21-16)17-9-5-12-3-1-2-4-15(12)20-17/h1-11H,(H,22,23). The number of para-hydroxylation sites is 1. The van der Waals surface area contributed by atoms with E-state index in [4.69, 9.17) is 5.11 Å². The summed E-state index contributed by atoms with van der Waals surface area (Å²) in [6.45, 7) is 0. The lowest BCUT2D eigenvalue weighted by atomic mass is 10.1. The number of rotatable bonds is 2. The number of aromatic nitrogens is 2. The highest BCUT2D eigenvalue weighted by Crippen LogP contribution is 2.22. The fourth-order valence-corrected chi connectivity index (χ4v) is 2.61. The molecule has 4 rings (SSSR count). The first-order valence-electron chi connectivity index (χ1n) is 7.21. The molecule has 0 amide bonds. The van der Waals surface area contributed by atoms with Gasteiger partial charge in [0.05, 0.1) is 28.0 Å². The minimum Gasteiger partial charge on any atom is -0.478 e. The van der Waals surface area contributed by atoms with Crippen molar-refractivity contribution in [2.75, 3.05) is 0 Å². The van der Waals surface area contributed by atoms with Crippen LogP contribution in [0.15, 0.2) is 66.7 Å². The van der Waals surface area contributed by atoms with Gasteiger partial charge in [0, 0.05) is 10.8 Å². The molecule has 4 heteroatoms. The molecule has 1 N–H and O–H groups in total. The summed E-state index contributed by atoms with van der Waals surface area (Å²) >= 11 is 0. The molecular formula is C19H12N2O2. The first-order valence-corrected chi connectivity index (χ1v) is 7.21. The number of fused-ring (bicyclic) bond motifs is 2. The number of carboxylic acids is 1. The van der Waals surface area contributed by atoms with Crippen LogP contribution >= 0.6 is 0 Å². The first kappa shape index (κ1) is 13.4. The molecule has 4 nitrogen and oxygen atoms in total. The highest BCUT2D eigenvalue weighted by atomic mass is 16.4. The summed E-state index contributed by atoms with van der Waals surface area (Å²) in [6.07, 6.45) is 0. The van der Waals surface area contributed by atoms with Crippen LogP contribution in [0, 0.1) is 0 Å². The highest BCUT2D eigenvalue weighted by Gasteiger charge is 2.07. The van der Waals surface area contributed by atoms with Crippen LogP contribution in [0.1, 0.15) is 10.4 Å². The second-order valence-electron chi connectivity index (χ2n) is 5.30. The molecule has 0 atom stereocenters. The summed E-state index contributed by atoms with van der Waals surface area (Å²) in [4.78, 5) is 20.3. The second kappa shape index (κ2) is 5.18. The van der Waals surface area contributed by atoms with E-state index >= 15 is 0 Å². The Morgan fingerprint density at radius 1 is 0.739 bits per heavy atom. The van der Waals surface area contributed by atoms with Crippen molar-refractivity contribution in [1.29, 1.82) is 0 Å². The van der Waals surface area contributed by atoms with Crippen molar-refractivity contribution < 1.29 is 9.90 Å². The Kier molecular flexibility index (Phi) is 3.01. The summed E-state index contributed by atoms with van der Waals surface area (Å²) in [5.41, 5.74) is 3.51. The number of carboxylic acid groups (broad SMARTS) is 1. The maximum Gasteiger partial charge on any atom is 0.335 e. The van der Waals surface area contributed by atoms with Crippen LogP contribution in [0.25, 0.3) is 33.2 Å². The molecule has 0 spiro atoms. The maximum atomic E-state index is 11.0. The number of pyridine rings is 2. The van der Waals surface area contributed by atoms with E-state index in [2.05, 4.69) is 9.97 Å². The fourth-order valence-electron chi connectivity index (χ4n) is 2.61. The Bertz CT molecular complexity index is 1060. The van der Waals surface area contributed by atoms with Crippen molar-refractivity contribution >= 4 is 27.8 Å². The van der Waals surface area contributed by atoms with Crippen molar-refractivity contribution in [2.45, 2.75) is 0 Å². The molecule has 4 aromatic rings. The number of hydrogen-bond acceptors (Lipinski definition) is 3. The molecule has 0 aliphatic heterocycles. The number of carbonyl (C=O) groups is 1. The van der Waals surface area contributed by atoms with Crippen LogP contribution in [-0.2, 0) is 0 Å². The van der Waals surface area contributed by atoms with Gasteiger partial charge in [-0.1, -0.05) is 30.3 Å². The predicted molar refractivity (Wildman–Crippen MR) is 89.4 cm³/mol. The van der Waals surface area contributed by atoms with Crippen molar-refractivity contribution in [2.24, 2.45) is 0 Å².